The van der Waals surface area contributed by atoms with E-state index in [1.807, 2.05) is 13.8 Å². The van der Waals surface area contributed by atoms with Crippen molar-refractivity contribution in [3.63, 3.8) is 0 Å². The van der Waals surface area contributed by atoms with Crippen LogP contribution in [0.4, 0.5) is 0 Å². The number of H-pyrrole nitrogens is 1. The lowest BCUT2D eigenvalue weighted by Crippen LogP contribution is -2.55. The predicted octanol–water partition coefficient (Wildman–Crippen LogP) is -1.87. The van der Waals surface area contributed by atoms with Crippen molar-refractivity contribution in [2.75, 3.05) is 13.1 Å². The minimum atomic E-state index is -1.21. The molecule has 11 nitrogen and oxygen atoms in total. The van der Waals surface area contributed by atoms with E-state index in [0.29, 0.717) is 12.1 Å². The van der Waals surface area contributed by atoms with Gasteiger partial charge in [0.15, 0.2) is 0 Å². The number of carbonyl (C=O) groups is 4. The number of nitrogens with two attached hydrogens (primary N) is 1. The van der Waals surface area contributed by atoms with Crippen molar-refractivity contribution in [3.05, 3.63) is 18.2 Å². The molecule has 3 amide bonds. The number of nitrogens with one attached hydrogen (secondary N) is 4. The molecule has 2 unspecified atom stereocenters. The first-order valence-corrected chi connectivity index (χ1v) is 8.49. The van der Waals surface area contributed by atoms with Gasteiger partial charge in [-0.3, -0.25) is 19.2 Å². The first kappa shape index (κ1) is 22.1. The van der Waals surface area contributed by atoms with E-state index < -0.39 is 42.3 Å². The van der Waals surface area contributed by atoms with Gasteiger partial charge in [-0.15, -0.1) is 0 Å². The summed E-state index contributed by atoms with van der Waals surface area (Å²) < 4.78 is 0. The highest BCUT2D eigenvalue weighted by atomic mass is 16.4. The number of carboxylic acid groups (broad SMARTS) is 1. The van der Waals surface area contributed by atoms with Crippen LogP contribution in [-0.4, -0.2) is 63.9 Å². The first-order chi connectivity index (χ1) is 12.7. The van der Waals surface area contributed by atoms with E-state index in [2.05, 4.69) is 25.9 Å². The van der Waals surface area contributed by atoms with E-state index in [1.165, 1.54) is 12.5 Å². The van der Waals surface area contributed by atoms with Crippen LogP contribution in [0.25, 0.3) is 0 Å². The Labute approximate surface area is 156 Å². The van der Waals surface area contributed by atoms with Gasteiger partial charge in [-0.25, -0.2) is 4.98 Å². The van der Waals surface area contributed by atoms with Crippen LogP contribution in [0.1, 0.15) is 26.0 Å². The lowest BCUT2D eigenvalue weighted by Gasteiger charge is -2.23. The average molecular weight is 382 g/mol. The fourth-order valence-electron chi connectivity index (χ4n) is 2.34. The second kappa shape index (κ2) is 10.9. The molecule has 0 aliphatic carbocycles. The van der Waals surface area contributed by atoms with Gasteiger partial charge in [0.05, 0.1) is 12.9 Å². The zero-order valence-electron chi connectivity index (χ0n) is 15.3. The van der Waals surface area contributed by atoms with Crippen molar-refractivity contribution in [3.8, 4) is 0 Å². The summed E-state index contributed by atoms with van der Waals surface area (Å²) >= 11 is 0. The zero-order valence-corrected chi connectivity index (χ0v) is 15.3. The predicted molar refractivity (Wildman–Crippen MR) is 95.3 cm³/mol. The van der Waals surface area contributed by atoms with Gasteiger partial charge in [-0.2, -0.15) is 0 Å². The molecule has 0 aliphatic rings. The fraction of sp³-hybridized carbons (Fsp3) is 0.562. The van der Waals surface area contributed by atoms with E-state index in [9.17, 15) is 19.2 Å². The summed E-state index contributed by atoms with van der Waals surface area (Å²) in [7, 11) is 0. The number of carbonyl (C=O) groups excluding carboxylic acids is 3. The van der Waals surface area contributed by atoms with Gasteiger partial charge in [0, 0.05) is 18.3 Å². The van der Waals surface area contributed by atoms with Crippen molar-refractivity contribution >= 4 is 23.7 Å². The number of aliphatic carboxylic acids is 1. The number of carboxylic acids is 1. The number of rotatable bonds is 11. The van der Waals surface area contributed by atoms with Crippen molar-refractivity contribution in [1.29, 1.82) is 0 Å². The smallest absolute Gasteiger partial charge is 0.322 e. The Hall–Kier alpha value is -2.95. The van der Waals surface area contributed by atoms with Crippen LogP contribution in [0.5, 0.6) is 0 Å². The highest BCUT2D eigenvalue weighted by Crippen LogP contribution is 2.07. The summed E-state index contributed by atoms with van der Waals surface area (Å²) in [6, 6.07) is -1.90. The molecule has 0 fully saturated rings. The van der Waals surface area contributed by atoms with Crippen LogP contribution >= 0.6 is 0 Å². The number of nitrogens with zero attached hydrogens (tertiary/aromatic N) is 1. The van der Waals surface area contributed by atoms with Gasteiger partial charge in [-0.05, 0) is 12.3 Å². The topological polar surface area (TPSA) is 179 Å². The second-order valence-electron chi connectivity index (χ2n) is 6.41. The largest absolute Gasteiger partial charge is 0.480 e. The van der Waals surface area contributed by atoms with Gasteiger partial charge < -0.3 is 31.8 Å². The van der Waals surface area contributed by atoms with E-state index in [-0.39, 0.29) is 18.9 Å². The van der Waals surface area contributed by atoms with Crippen molar-refractivity contribution in [1.82, 2.24) is 25.9 Å². The molecule has 11 heteroatoms. The molecule has 2 atom stereocenters. The highest BCUT2D eigenvalue weighted by molar-refractivity contribution is 5.93. The van der Waals surface area contributed by atoms with Crippen LogP contribution < -0.4 is 21.7 Å². The number of amides is 3. The Kier molecular flexibility index (Phi) is 8.93. The summed E-state index contributed by atoms with van der Waals surface area (Å²) in [6.07, 6.45) is 3.35. The lowest BCUT2D eigenvalue weighted by atomic mass is 10.0. The van der Waals surface area contributed by atoms with E-state index >= 15 is 0 Å². The minimum absolute atomic E-state index is 0.0798. The van der Waals surface area contributed by atoms with Gasteiger partial charge in [0.25, 0.3) is 0 Å². The maximum atomic E-state index is 12.6. The van der Waals surface area contributed by atoms with E-state index in [4.69, 9.17) is 10.8 Å². The molecule has 0 saturated heterocycles. The number of imidazole rings is 1. The van der Waals surface area contributed by atoms with Crippen LogP contribution in [0.3, 0.4) is 0 Å². The van der Waals surface area contributed by atoms with Crippen LogP contribution in [-0.2, 0) is 25.6 Å². The Balaban J connectivity index is 2.88. The van der Waals surface area contributed by atoms with Crippen molar-refractivity contribution < 1.29 is 24.3 Å². The standard InChI is InChI=1S/C16H26N6O5/c1-9(2)3-11(21-13(23)5-17)16(27)22-12(4-10-6-18-8-20-10)15(26)19-7-14(24)25/h6,8-9,11-12H,3-5,7,17H2,1-2H3,(H,18,20)(H,19,26)(H,21,23)(H,22,27)(H,24,25). The Morgan fingerprint density at radius 1 is 1.19 bits per heavy atom. The third kappa shape index (κ3) is 8.31. The minimum Gasteiger partial charge on any atom is -0.480 e. The molecule has 0 saturated carbocycles. The molecule has 1 aromatic rings. The molecule has 0 radical (unpaired) electrons. The second-order valence-corrected chi connectivity index (χ2v) is 6.41. The van der Waals surface area contributed by atoms with E-state index in [0.717, 1.165) is 0 Å². The molecule has 1 aromatic heterocycles. The highest BCUT2D eigenvalue weighted by Gasteiger charge is 2.27. The number of aromatic nitrogens is 2. The third-order valence-corrected chi connectivity index (χ3v) is 3.57. The molecule has 0 aromatic carbocycles. The molecule has 1 heterocycles. The van der Waals surface area contributed by atoms with Gasteiger partial charge in [-0.1, -0.05) is 13.8 Å². The molecular formula is C16H26N6O5. The summed E-state index contributed by atoms with van der Waals surface area (Å²) in [4.78, 5) is 53.9. The number of aromatic amines is 1. The SMILES string of the molecule is CC(C)CC(NC(=O)CN)C(=O)NC(Cc1cnc[nH]1)C(=O)NCC(=O)O. The van der Waals surface area contributed by atoms with Crippen LogP contribution in [0.2, 0.25) is 0 Å². The summed E-state index contributed by atoms with van der Waals surface area (Å²) in [5.41, 5.74) is 5.87. The van der Waals surface area contributed by atoms with Crippen LogP contribution in [0.15, 0.2) is 12.5 Å². The molecule has 7 N–H and O–H groups in total. The molecule has 27 heavy (non-hydrogen) atoms. The molecule has 0 spiro atoms. The summed E-state index contributed by atoms with van der Waals surface area (Å²) in [5, 5.41) is 16.1. The molecule has 0 aliphatic heterocycles. The monoisotopic (exact) mass is 382 g/mol. The molecule has 1 rings (SSSR count). The van der Waals surface area contributed by atoms with Crippen molar-refractivity contribution in [2.24, 2.45) is 11.7 Å². The molecule has 150 valence electrons. The zero-order chi connectivity index (χ0) is 20.4. The number of hydrogen-bond donors (Lipinski definition) is 6. The Bertz CT molecular complexity index is 646. The summed E-state index contributed by atoms with van der Waals surface area (Å²) in [6.45, 7) is 2.93. The maximum absolute atomic E-state index is 12.6. The first-order valence-electron chi connectivity index (χ1n) is 8.49. The fourth-order valence-corrected chi connectivity index (χ4v) is 2.34. The third-order valence-electron chi connectivity index (χ3n) is 3.57. The normalized spacial score (nSPS) is 12.9. The Morgan fingerprint density at radius 3 is 2.41 bits per heavy atom. The quantitative estimate of drug-likeness (QED) is 0.259. The molecular weight excluding hydrogens is 356 g/mol. The van der Waals surface area contributed by atoms with Crippen LogP contribution in [0, 0.1) is 5.92 Å². The number of hydrogen-bond acceptors (Lipinski definition) is 6. The van der Waals surface area contributed by atoms with E-state index in [1.54, 1.807) is 0 Å². The Morgan fingerprint density at radius 2 is 1.89 bits per heavy atom. The van der Waals surface area contributed by atoms with Gasteiger partial charge >= 0.3 is 5.97 Å². The van der Waals surface area contributed by atoms with Gasteiger partial charge in [0.2, 0.25) is 17.7 Å². The summed E-state index contributed by atoms with van der Waals surface area (Å²) in [5.74, 6) is -2.81. The average Bonchev–Trinajstić information content (AvgIpc) is 3.10. The van der Waals surface area contributed by atoms with Crippen molar-refractivity contribution in [2.45, 2.75) is 38.8 Å². The lowest BCUT2D eigenvalue weighted by molar-refractivity contribution is -0.138. The maximum Gasteiger partial charge on any atom is 0.322 e. The van der Waals surface area contributed by atoms with Gasteiger partial charge in [0.1, 0.15) is 18.6 Å². The molecule has 0 bridgehead atoms.